The molecule has 0 fully saturated rings. The zero-order valence-corrected chi connectivity index (χ0v) is 10.2. The van der Waals surface area contributed by atoms with E-state index in [0.717, 1.165) is 5.56 Å². The van der Waals surface area contributed by atoms with Crippen LogP contribution in [-0.4, -0.2) is 35.6 Å². The monoisotopic (exact) mass is 246 g/mol. The van der Waals surface area contributed by atoms with Crippen LogP contribution in [0.15, 0.2) is 43.0 Å². The Bertz CT molecular complexity index is 424. The van der Waals surface area contributed by atoms with Gasteiger partial charge in [0.1, 0.15) is 0 Å². The van der Waals surface area contributed by atoms with Crippen molar-refractivity contribution in [1.82, 2.24) is 4.90 Å². The van der Waals surface area contributed by atoms with E-state index in [2.05, 4.69) is 6.58 Å². The second-order valence-corrected chi connectivity index (χ2v) is 3.80. The van der Waals surface area contributed by atoms with E-state index in [1.54, 1.807) is 24.3 Å². The van der Waals surface area contributed by atoms with Gasteiger partial charge in [0, 0.05) is 24.9 Å². The van der Waals surface area contributed by atoms with Gasteiger partial charge in [-0.3, -0.25) is 4.79 Å². The molecule has 1 aromatic rings. The number of nitrogens with two attached hydrogens (primary N) is 1. The lowest BCUT2D eigenvalue weighted by Gasteiger charge is -2.17. The standard InChI is InChI=1S/C14H18N2O2/c1-2-9-16(10-11-17)14(18)8-5-12-3-6-13(15)7-4-12/h2-8,17H,1,9-11,15H2/b8-5+. The summed E-state index contributed by atoms with van der Waals surface area (Å²) in [6.45, 7) is 4.24. The SMILES string of the molecule is C=CCN(CCO)C(=O)/C=C/c1ccc(N)cc1. The smallest absolute Gasteiger partial charge is 0.246 e. The van der Waals surface area contributed by atoms with Crippen LogP contribution in [-0.2, 0) is 4.79 Å². The van der Waals surface area contributed by atoms with Crippen LogP contribution < -0.4 is 5.73 Å². The van der Waals surface area contributed by atoms with Crippen LogP contribution in [0.4, 0.5) is 5.69 Å². The molecule has 0 heterocycles. The first-order valence-corrected chi connectivity index (χ1v) is 5.71. The molecule has 0 atom stereocenters. The Hall–Kier alpha value is -2.07. The molecule has 0 aliphatic heterocycles. The summed E-state index contributed by atoms with van der Waals surface area (Å²) in [7, 11) is 0. The van der Waals surface area contributed by atoms with E-state index in [-0.39, 0.29) is 12.5 Å². The highest BCUT2D eigenvalue weighted by Gasteiger charge is 2.07. The largest absolute Gasteiger partial charge is 0.399 e. The molecule has 0 aliphatic carbocycles. The number of rotatable bonds is 6. The minimum Gasteiger partial charge on any atom is -0.399 e. The van der Waals surface area contributed by atoms with Gasteiger partial charge < -0.3 is 15.7 Å². The van der Waals surface area contributed by atoms with Gasteiger partial charge in [-0.2, -0.15) is 0 Å². The number of anilines is 1. The van der Waals surface area contributed by atoms with Crippen molar-refractivity contribution in [2.75, 3.05) is 25.4 Å². The molecule has 0 unspecified atom stereocenters. The topological polar surface area (TPSA) is 66.6 Å². The van der Waals surface area contributed by atoms with Gasteiger partial charge in [-0.25, -0.2) is 0 Å². The van der Waals surface area contributed by atoms with Crippen molar-refractivity contribution in [1.29, 1.82) is 0 Å². The number of hydrogen-bond donors (Lipinski definition) is 2. The summed E-state index contributed by atoms with van der Waals surface area (Å²) >= 11 is 0. The maximum absolute atomic E-state index is 11.8. The number of nitrogen functional groups attached to an aromatic ring is 1. The average molecular weight is 246 g/mol. The Balaban J connectivity index is 2.66. The van der Waals surface area contributed by atoms with E-state index in [0.29, 0.717) is 18.8 Å². The summed E-state index contributed by atoms with van der Waals surface area (Å²) in [5, 5.41) is 8.86. The molecule has 0 aromatic heterocycles. The summed E-state index contributed by atoms with van der Waals surface area (Å²) in [4.78, 5) is 13.3. The fraction of sp³-hybridized carbons (Fsp3) is 0.214. The lowest BCUT2D eigenvalue weighted by atomic mass is 10.2. The first-order valence-electron chi connectivity index (χ1n) is 5.71. The number of carbonyl (C=O) groups excluding carboxylic acids is 1. The molecule has 0 bridgehead atoms. The summed E-state index contributed by atoms with van der Waals surface area (Å²) in [6, 6.07) is 7.23. The molecule has 1 aromatic carbocycles. The molecule has 96 valence electrons. The normalized spacial score (nSPS) is 10.5. The van der Waals surface area contributed by atoms with E-state index >= 15 is 0 Å². The molecular formula is C14H18N2O2. The Labute approximate surface area is 107 Å². The molecule has 18 heavy (non-hydrogen) atoms. The third-order valence-electron chi connectivity index (χ3n) is 2.39. The molecule has 0 spiro atoms. The molecular weight excluding hydrogens is 228 g/mol. The van der Waals surface area contributed by atoms with E-state index in [4.69, 9.17) is 10.8 Å². The minimum absolute atomic E-state index is 0.0602. The van der Waals surface area contributed by atoms with Crippen molar-refractivity contribution in [2.45, 2.75) is 0 Å². The molecule has 0 radical (unpaired) electrons. The van der Waals surface area contributed by atoms with Crippen molar-refractivity contribution in [2.24, 2.45) is 0 Å². The zero-order valence-electron chi connectivity index (χ0n) is 10.2. The van der Waals surface area contributed by atoms with Gasteiger partial charge >= 0.3 is 0 Å². The predicted octanol–water partition coefficient (Wildman–Crippen LogP) is 1.29. The average Bonchev–Trinajstić information content (AvgIpc) is 2.37. The fourth-order valence-electron chi connectivity index (χ4n) is 1.45. The molecule has 0 saturated heterocycles. The lowest BCUT2D eigenvalue weighted by molar-refractivity contribution is -0.125. The van der Waals surface area contributed by atoms with Crippen molar-refractivity contribution in [3.8, 4) is 0 Å². The first kappa shape index (κ1) is 14.0. The third-order valence-corrected chi connectivity index (χ3v) is 2.39. The quantitative estimate of drug-likeness (QED) is 0.451. The van der Waals surface area contributed by atoms with E-state index < -0.39 is 0 Å². The third kappa shape index (κ3) is 4.43. The lowest BCUT2D eigenvalue weighted by Crippen LogP contribution is -2.32. The van der Waals surface area contributed by atoms with Crippen molar-refractivity contribution in [3.05, 3.63) is 48.6 Å². The summed E-state index contributed by atoms with van der Waals surface area (Å²) in [5.41, 5.74) is 7.16. The maximum Gasteiger partial charge on any atom is 0.246 e. The van der Waals surface area contributed by atoms with Crippen LogP contribution in [0.5, 0.6) is 0 Å². The van der Waals surface area contributed by atoms with Crippen LogP contribution in [0, 0.1) is 0 Å². The fourth-order valence-corrected chi connectivity index (χ4v) is 1.45. The van der Waals surface area contributed by atoms with E-state index in [1.807, 2.05) is 12.1 Å². The van der Waals surface area contributed by atoms with Crippen LogP contribution in [0.3, 0.4) is 0 Å². The minimum atomic E-state index is -0.152. The Morgan fingerprint density at radius 1 is 1.39 bits per heavy atom. The summed E-state index contributed by atoms with van der Waals surface area (Å²) < 4.78 is 0. The number of hydrogen-bond acceptors (Lipinski definition) is 3. The highest BCUT2D eigenvalue weighted by molar-refractivity contribution is 5.91. The molecule has 0 aliphatic rings. The van der Waals surface area contributed by atoms with Crippen LogP contribution >= 0.6 is 0 Å². The van der Waals surface area contributed by atoms with Crippen molar-refractivity contribution >= 4 is 17.7 Å². The van der Waals surface area contributed by atoms with Gasteiger partial charge in [0.2, 0.25) is 5.91 Å². The second kappa shape index (κ2) is 7.29. The van der Waals surface area contributed by atoms with Crippen LogP contribution in [0.25, 0.3) is 6.08 Å². The number of carbonyl (C=O) groups is 1. The summed E-state index contributed by atoms with van der Waals surface area (Å²) in [5.74, 6) is -0.152. The molecule has 4 heteroatoms. The van der Waals surface area contributed by atoms with Gasteiger partial charge in [-0.1, -0.05) is 18.2 Å². The molecule has 4 nitrogen and oxygen atoms in total. The van der Waals surface area contributed by atoms with Gasteiger partial charge in [0.15, 0.2) is 0 Å². The zero-order chi connectivity index (χ0) is 13.4. The molecule has 1 amide bonds. The molecule has 3 N–H and O–H groups in total. The predicted molar refractivity (Wildman–Crippen MR) is 73.8 cm³/mol. The summed E-state index contributed by atoms with van der Waals surface area (Å²) in [6.07, 6.45) is 4.82. The highest BCUT2D eigenvalue weighted by Crippen LogP contribution is 2.07. The molecule has 0 saturated carbocycles. The Morgan fingerprint density at radius 3 is 2.61 bits per heavy atom. The van der Waals surface area contributed by atoms with Crippen LogP contribution in [0.1, 0.15) is 5.56 Å². The van der Waals surface area contributed by atoms with E-state index in [9.17, 15) is 4.79 Å². The van der Waals surface area contributed by atoms with Gasteiger partial charge in [-0.05, 0) is 23.8 Å². The number of amides is 1. The first-order chi connectivity index (χ1) is 8.67. The van der Waals surface area contributed by atoms with Gasteiger partial charge in [-0.15, -0.1) is 6.58 Å². The van der Waals surface area contributed by atoms with Crippen LogP contribution in [0.2, 0.25) is 0 Å². The maximum atomic E-state index is 11.8. The van der Waals surface area contributed by atoms with Crippen molar-refractivity contribution < 1.29 is 9.90 Å². The van der Waals surface area contributed by atoms with Gasteiger partial charge in [0.05, 0.1) is 6.61 Å². The molecule has 1 rings (SSSR count). The Kier molecular flexibility index (Phi) is 5.67. The number of aliphatic hydroxyl groups is 1. The number of aliphatic hydroxyl groups excluding tert-OH is 1. The van der Waals surface area contributed by atoms with E-state index in [1.165, 1.54) is 11.0 Å². The number of nitrogens with zero attached hydrogens (tertiary/aromatic N) is 1. The Morgan fingerprint density at radius 2 is 2.06 bits per heavy atom. The van der Waals surface area contributed by atoms with Gasteiger partial charge in [0.25, 0.3) is 0 Å². The second-order valence-electron chi connectivity index (χ2n) is 3.80. The number of benzene rings is 1. The van der Waals surface area contributed by atoms with Crippen molar-refractivity contribution in [3.63, 3.8) is 0 Å². The highest BCUT2D eigenvalue weighted by atomic mass is 16.3.